The van der Waals surface area contributed by atoms with Crippen LogP contribution in [0.2, 0.25) is 0 Å². The van der Waals surface area contributed by atoms with Crippen molar-refractivity contribution in [3.8, 4) is 6.07 Å². The quantitative estimate of drug-likeness (QED) is 0.777. The second-order valence-corrected chi connectivity index (χ2v) is 3.33. The molecule has 16 heavy (non-hydrogen) atoms. The first-order valence-corrected chi connectivity index (χ1v) is 5.02. The predicted molar refractivity (Wildman–Crippen MR) is 59.8 cm³/mol. The highest BCUT2D eigenvalue weighted by Crippen LogP contribution is 2.18. The number of benzene rings is 1. The fourth-order valence-corrected chi connectivity index (χ4v) is 1.58. The molecule has 0 aromatic heterocycles. The molecule has 2 N–H and O–H groups in total. The van der Waals surface area contributed by atoms with Crippen LogP contribution >= 0.6 is 0 Å². The summed E-state index contributed by atoms with van der Waals surface area (Å²) in [6, 6.07) is 5.33. The van der Waals surface area contributed by atoms with Crippen molar-refractivity contribution in [3.63, 3.8) is 0 Å². The van der Waals surface area contributed by atoms with Crippen molar-refractivity contribution < 1.29 is 9.53 Å². The number of hydrogen-bond acceptors (Lipinski definition) is 4. The number of nitriles is 1. The molecular formula is C12H14N2O2. The smallest absolute Gasteiger partial charge is 0.339 e. The molecule has 1 aromatic carbocycles. The van der Waals surface area contributed by atoms with Gasteiger partial charge in [0.2, 0.25) is 0 Å². The SMILES string of the molecule is CCc1cc(C(=O)OC)c(C#N)cc1CN. The van der Waals surface area contributed by atoms with Crippen molar-refractivity contribution in [2.75, 3.05) is 7.11 Å². The van der Waals surface area contributed by atoms with Crippen molar-refractivity contribution >= 4 is 5.97 Å². The third kappa shape index (κ3) is 2.20. The zero-order valence-corrected chi connectivity index (χ0v) is 9.41. The molecule has 0 aliphatic rings. The number of carbonyl (C=O) groups excluding carboxylic acids is 1. The molecule has 84 valence electrons. The van der Waals surface area contributed by atoms with Crippen molar-refractivity contribution in [3.05, 3.63) is 34.4 Å². The summed E-state index contributed by atoms with van der Waals surface area (Å²) in [7, 11) is 1.30. The Labute approximate surface area is 94.6 Å². The van der Waals surface area contributed by atoms with Gasteiger partial charge in [0.05, 0.1) is 18.2 Å². The zero-order chi connectivity index (χ0) is 12.1. The van der Waals surface area contributed by atoms with E-state index in [4.69, 9.17) is 11.0 Å². The molecule has 0 aliphatic carbocycles. The molecule has 0 amide bonds. The van der Waals surface area contributed by atoms with E-state index in [0.29, 0.717) is 17.7 Å². The van der Waals surface area contributed by atoms with Gasteiger partial charge in [0.15, 0.2) is 0 Å². The Bertz CT molecular complexity index is 447. The van der Waals surface area contributed by atoms with Crippen LogP contribution in [0.15, 0.2) is 12.1 Å². The highest BCUT2D eigenvalue weighted by molar-refractivity contribution is 5.92. The summed E-state index contributed by atoms with van der Waals surface area (Å²) < 4.78 is 4.63. The van der Waals surface area contributed by atoms with Crippen LogP contribution in [0.4, 0.5) is 0 Å². The molecule has 0 saturated heterocycles. The van der Waals surface area contributed by atoms with Gasteiger partial charge in [0, 0.05) is 6.54 Å². The topological polar surface area (TPSA) is 76.1 Å². The van der Waals surface area contributed by atoms with Crippen molar-refractivity contribution in [2.45, 2.75) is 19.9 Å². The first-order chi connectivity index (χ1) is 7.67. The molecule has 0 heterocycles. The number of ether oxygens (including phenoxy) is 1. The lowest BCUT2D eigenvalue weighted by molar-refractivity contribution is 0.0600. The average Bonchev–Trinajstić information content (AvgIpc) is 2.35. The molecule has 0 unspecified atom stereocenters. The van der Waals surface area contributed by atoms with Gasteiger partial charge in [-0.3, -0.25) is 0 Å². The number of aryl methyl sites for hydroxylation is 1. The Morgan fingerprint density at radius 3 is 2.62 bits per heavy atom. The van der Waals surface area contributed by atoms with Gasteiger partial charge >= 0.3 is 5.97 Å². The summed E-state index contributed by atoms with van der Waals surface area (Å²) in [6.45, 7) is 2.33. The van der Waals surface area contributed by atoms with Gasteiger partial charge in [0.25, 0.3) is 0 Å². The fraction of sp³-hybridized carbons (Fsp3) is 0.333. The Hall–Kier alpha value is -1.86. The average molecular weight is 218 g/mol. The van der Waals surface area contributed by atoms with E-state index < -0.39 is 5.97 Å². The molecule has 4 nitrogen and oxygen atoms in total. The van der Waals surface area contributed by atoms with E-state index in [1.807, 2.05) is 13.0 Å². The van der Waals surface area contributed by atoms with Crippen LogP contribution in [0.3, 0.4) is 0 Å². The van der Waals surface area contributed by atoms with Crippen LogP contribution in [0.25, 0.3) is 0 Å². The maximum Gasteiger partial charge on any atom is 0.339 e. The zero-order valence-electron chi connectivity index (χ0n) is 9.41. The number of nitrogens with zero attached hydrogens (tertiary/aromatic N) is 1. The summed E-state index contributed by atoms with van der Waals surface area (Å²) in [4.78, 5) is 11.5. The van der Waals surface area contributed by atoms with Crippen LogP contribution in [-0.2, 0) is 17.7 Å². The minimum atomic E-state index is -0.491. The molecule has 0 aliphatic heterocycles. The van der Waals surface area contributed by atoms with Crippen LogP contribution in [0.5, 0.6) is 0 Å². The molecule has 4 heteroatoms. The summed E-state index contributed by atoms with van der Waals surface area (Å²) in [5, 5.41) is 8.95. The molecule has 1 aromatic rings. The van der Waals surface area contributed by atoms with E-state index in [-0.39, 0.29) is 0 Å². The molecule has 0 spiro atoms. The molecule has 0 atom stereocenters. The van der Waals surface area contributed by atoms with Crippen molar-refractivity contribution in [1.82, 2.24) is 0 Å². The Balaban J connectivity index is 3.39. The van der Waals surface area contributed by atoms with E-state index >= 15 is 0 Å². The predicted octanol–water partition coefficient (Wildman–Crippen LogP) is 1.37. The molecule has 0 fully saturated rings. The number of esters is 1. The molecule has 0 saturated carbocycles. The Morgan fingerprint density at radius 1 is 1.50 bits per heavy atom. The maximum atomic E-state index is 11.5. The lowest BCUT2D eigenvalue weighted by atomic mass is 9.97. The summed E-state index contributed by atoms with van der Waals surface area (Å²) in [6.07, 6.45) is 0.766. The Kier molecular flexibility index (Phi) is 4.03. The lowest BCUT2D eigenvalue weighted by Gasteiger charge is -2.09. The van der Waals surface area contributed by atoms with Gasteiger partial charge in [-0.05, 0) is 29.7 Å². The maximum absolute atomic E-state index is 11.5. The van der Waals surface area contributed by atoms with Gasteiger partial charge in [-0.2, -0.15) is 5.26 Å². The Morgan fingerprint density at radius 2 is 2.19 bits per heavy atom. The van der Waals surface area contributed by atoms with Crippen LogP contribution in [0, 0.1) is 11.3 Å². The number of carbonyl (C=O) groups is 1. The molecule has 1 rings (SSSR count). The van der Waals surface area contributed by atoms with Crippen LogP contribution < -0.4 is 5.73 Å². The third-order valence-electron chi connectivity index (χ3n) is 2.47. The second-order valence-electron chi connectivity index (χ2n) is 3.33. The highest BCUT2D eigenvalue weighted by Gasteiger charge is 2.14. The monoisotopic (exact) mass is 218 g/mol. The second kappa shape index (κ2) is 5.29. The van der Waals surface area contributed by atoms with E-state index in [1.165, 1.54) is 7.11 Å². The van der Waals surface area contributed by atoms with E-state index in [9.17, 15) is 4.79 Å². The lowest BCUT2D eigenvalue weighted by Crippen LogP contribution is -2.09. The van der Waals surface area contributed by atoms with Crippen LogP contribution in [-0.4, -0.2) is 13.1 Å². The summed E-state index contributed by atoms with van der Waals surface area (Å²) in [5.41, 5.74) is 8.07. The standard InChI is InChI=1S/C12H14N2O2/c1-3-8-5-11(12(15)16-2)10(7-14)4-9(8)6-13/h4-5H,3,6,13H2,1-2H3. The van der Waals surface area contributed by atoms with Gasteiger partial charge in [-0.25, -0.2) is 4.79 Å². The summed E-state index contributed by atoms with van der Waals surface area (Å²) in [5.74, 6) is -0.491. The molecule has 0 bridgehead atoms. The fourth-order valence-electron chi connectivity index (χ4n) is 1.58. The van der Waals surface area contributed by atoms with Gasteiger partial charge in [0.1, 0.15) is 6.07 Å². The minimum absolute atomic E-state index is 0.305. The number of hydrogen-bond donors (Lipinski definition) is 1. The van der Waals surface area contributed by atoms with Crippen LogP contribution in [0.1, 0.15) is 34.0 Å². The number of methoxy groups -OCH3 is 1. The third-order valence-corrected chi connectivity index (χ3v) is 2.47. The van der Waals surface area contributed by atoms with Gasteiger partial charge < -0.3 is 10.5 Å². The van der Waals surface area contributed by atoms with Crippen molar-refractivity contribution in [1.29, 1.82) is 5.26 Å². The van der Waals surface area contributed by atoms with E-state index in [0.717, 1.165) is 17.5 Å². The largest absolute Gasteiger partial charge is 0.465 e. The normalized spacial score (nSPS) is 9.62. The number of nitrogens with two attached hydrogens (primary N) is 1. The minimum Gasteiger partial charge on any atom is -0.465 e. The van der Waals surface area contributed by atoms with Crippen molar-refractivity contribution in [2.24, 2.45) is 5.73 Å². The van der Waals surface area contributed by atoms with Gasteiger partial charge in [-0.15, -0.1) is 0 Å². The summed E-state index contributed by atoms with van der Waals surface area (Å²) >= 11 is 0. The number of rotatable bonds is 3. The first-order valence-electron chi connectivity index (χ1n) is 5.02. The molecule has 0 radical (unpaired) electrons. The van der Waals surface area contributed by atoms with E-state index in [1.54, 1.807) is 12.1 Å². The molecular weight excluding hydrogens is 204 g/mol. The van der Waals surface area contributed by atoms with E-state index in [2.05, 4.69) is 4.74 Å². The van der Waals surface area contributed by atoms with Gasteiger partial charge in [-0.1, -0.05) is 6.92 Å². The first kappa shape index (κ1) is 12.2. The highest BCUT2D eigenvalue weighted by atomic mass is 16.5.